The first-order chi connectivity index (χ1) is 5.45. The summed E-state index contributed by atoms with van der Waals surface area (Å²) in [6.07, 6.45) is 1.14. The van der Waals surface area contributed by atoms with Crippen LogP contribution in [0.15, 0.2) is 23.9 Å². The molecule has 0 unspecified atom stereocenters. The molecule has 4 nitrogen and oxygen atoms in total. The molecule has 12 heavy (non-hydrogen) atoms. The monoisotopic (exact) mass is 169 g/mol. The number of carbonyl (C=O) groups excluding carboxylic acids is 1. The summed E-state index contributed by atoms with van der Waals surface area (Å²) in [6.45, 7) is 6.32. The van der Waals surface area contributed by atoms with Crippen LogP contribution in [0.2, 0.25) is 0 Å². The zero-order chi connectivity index (χ0) is 9.72. The minimum Gasteiger partial charge on any atom is -0.478 e. The lowest BCUT2D eigenvalue weighted by atomic mass is 10.3. The molecule has 4 heteroatoms. The lowest BCUT2D eigenvalue weighted by molar-refractivity contribution is -0.132. The highest BCUT2D eigenvalue weighted by atomic mass is 16.4. The molecule has 2 N–H and O–H groups in total. The Labute approximate surface area is 70.6 Å². The summed E-state index contributed by atoms with van der Waals surface area (Å²) in [4.78, 5) is 21.1. The molecule has 1 amide bonds. The molecule has 0 spiro atoms. The molecule has 66 valence electrons. The SMILES string of the molecule is C=C(C)C(=O)NC=C(C)C(=O)O. The lowest BCUT2D eigenvalue weighted by Gasteiger charge is -1.98. The Kier molecular flexibility index (Phi) is 3.76. The molecule has 0 aromatic rings. The maximum Gasteiger partial charge on any atom is 0.332 e. The first kappa shape index (κ1) is 10.4. The van der Waals surface area contributed by atoms with Crippen molar-refractivity contribution in [3.8, 4) is 0 Å². The van der Waals surface area contributed by atoms with Gasteiger partial charge in [-0.25, -0.2) is 4.79 Å². The van der Waals surface area contributed by atoms with E-state index in [2.05, 4.69) is 11.9 Å². The molecular formula is C8H11NO3. The van der Waals surface area contributed by atoms with Crippen molar-refractivity contribution < 1.29 is 14.7 Å². The molecule has 0 aliphatic carbocycles. The summed E-state index contributed by atoms with van der Waals surface area (Å²) < 4.78 is 0. The Balaban J connectivity index is 4.14. The number of rotatable bonds is 3. The maximum absolute atomic E-state index is 10.8. The summed E-state index contributed by atoms with van der Waals surface area (Å²) in [7, 11) is 0. The van der Waals surface area contributed by atoms with Gasteiger partial charge in [0.25, 0.3) is 0 Å². The minimum absolute atomic E-state index is 0.0737. The van der Waals surface area contributed by atoms with Crippen LogP contribution in [0.5, 0.6) is 0 Å². The van der Waals surface area contributed by atoms with E-state index < -0.39 is 5.97 Å². The molecule has 0 bridgehead atoms. The van der Waals surface area contributed by atoms with E-state index in [1.165, 1.54) is 6.92 Å². The number of hydrogen-bond donors (Lipinski definition) is 2. The molecule has 0 atom stereocenters. The van der Waals surface area contributed by atoms with Crippen molar-refractivity contribution >= 4 is 11.9 Å². The van der Waals surface area contributed by atoms with Crippen molar-refractivity contribution in [3.63, 3.8) is 0 Å². The van der Waals surface area contributed by atoms with E-state index in [0.717, 1.165) is 6.20 Å². The largest absolute Gasteiger partial charge is 0.478 e. The Morgan fingerprint density at radius 1 is 1.42 bits per heavy atom. The third-order valence-electron chi connectivity index (χ3n) is 1.14. The molecule has 0 fully saturated rings. The van der Waals surface area contributed by atoms with Crippen molar-refractivity contribution in [2.24, 2.45) is 0 Å². The Morgan fingerprint density at radius 3 is 2.25 bits per heavy atom. The van der Waals surface area contributed by atoms with Crippen LogP contribution in [0.25, 0.3) is 0 Å². The highest BCUT2D eigenvalue weighted by Crippen LogP contribution is 1.91. The van der Waals surface area contributed by atoms with Gasteiger partial charge in [0.15, 0.2) is 0 Å². The number of carbonyl (C=O) groups is 2. The number of aliphatic carboxylic acids is 1. The summed E-state index contributed by atoms with van der Waals surface area (Å²) in [5, 5.41) is 10.7. The van der Waals surface area contributed by atoms with Crippen LogP contribution in [0.1, 0.15) is 13.8 Å². The van der Waals surface area contributed by atoms with Crippen molar-refractivity contribution in [2.75, 3.05) is 0 Å². The second-order valence-electron chi connectivity index (χ2n) is 2.39. The van der Waals surface area contributed by atoms with Crippen molar-refractivity contribution in [3.05, 3.63) is 23.9 Å². The van der Waals surface area contributed by atoms with E-state index in [-0.39, 0.29) is 11.5 Å². The Hall–Kier alpha value is -1.58. The van der Waals surface area contributed by atoms with Crippen LogP contribution in [-0.4, -0.2) is 17.0 Å². The number of amides is 1. The molecule has 0 aromatic carbocycles. The van der Waals surface area contributed by atoms with Crippen LogP contribution in [0.4, 0.5) is 0 Å². The normalized spacial score (nSPS) is 10.7. The second kappa shape index (κ2) is 4.33. The van der Waals surface area contributed by atoms with Gasteiger partial charge in [0.1, 0.15) is 0 Å². The lowest BCUT2D eigenvalue weighted by Crippen LogP contribution is -2.18. The van der Waals surface area contributed by atoms with Gasteiger partial charge in [-0.15, -0.1) is 0 Å². The van der Waals surface area contributed by atoms with Gasteiger partial charge in [-0.1, -0.05) is 6.58 Å². The molecule has 0 aliphatic rings. The van der Waals surface area contributed by atoms with E-state index in [4.69, 9.17) is 5.11 Å². The van der Waals surface area contributed by atoms with Crippen molar-refractivity contribution in [1.29, 1.82) is 0 Å². The average molecular weight is 169 g/mol. The second-order valence-corrected chi connectivity index (χ2v) is 2.39. The van der Waals surface area contributed by atoms with Crippen molar-refractivity contribution in [2.45, 2.75) is 13.8 Å². The molecule has 0 radical (unpaired) electrons. The van der Waals surface area contributed by atoms with E-state index in [0.29, 0.717) is 5.57 Å². The first-order valence-corrected chi connectivity index (χ1v) is 3.31. The molecule has 0 heterocycles. The predicted molar refractivity (Wildman–Crippen MR) is 44.3 cm³/mol. The van der Waals surface area contributed by atoms with Crippen LogP contribution in [0, 0.1) is 0 Å². The smallest absolute Gasteiger partial charge is 0.332 e. The maximum atomic E-state index is 10.8. The third-order valence-corrected chi connectivity index (χ3v) is 1.14. The predicted octanol–water partition coefficient (Wildman–Crippen LogP) is 0.667. The van der Waals surface area contributed by atoms with E-state index in [1.807, 2.05) is 0 Å². The molecule has 0 aliphatic heterocycles. The number of carboxylic acids is 1. The third kappa shape index (κ3) is 3.55. The molecule has 0 aromatic heterocycles. The van der Waals surface area contributed by atoms with Gasteiger partial charge in [-0.2, -0.15) is 0 Å². The number of nitrogens with one attached hydrogen (secondary N) is 1. The van der Waals surface area contributed by atoms with Crippen molar-refractivity contribution in [1.82, 2.24) is 5.32 Å². The highest BCUT2D eigenvalue weighted by Gasteiger charge is 2.01. The van der Waals surface area contributed by atoms with Gasteiger partial charge >= 0.3 is 5.97 Å². The zero-order valence-corrected chi connectivity index (χ0v) is 7.05. The summed E-state index contributed by atoms with van der Waals surface area (Å²) in [5.74, 6) is -1.44. The fraction of sp³-hybridized carbons (Fsp3) is 0.250. The number of carboxylic acid groups (broad SMARTS) is 1. The van der Waals surface area contributed by atoms with Gasteiger partial charge in [-0.3, -0.25) is 4.79 Å². The highest BCUT2D eigenvalue weighted by molar-refractivity contribution is 5.94. The van der Waals surface area contributed by atoms with E-state index in [9.17, 15) is 9.59 Å². The Bertz CT molecular complexity index is 253. The molecule has 0 saturated heterocycles. The van der Waals surface area contributed by atoms with Crippen LogP contribution >= 0.6 is 0 Å². The van der Waals surface area contributed by atoms with Crippen LogP contribution in [0.3, 0.4) is 0 Å². The van der Waals surface area contributed by atoms with Crippen LogP contribution < -0.4 is 5.32 Å². The molecule has 0 rings (SSSR count). The Morgan fingerprint density at radius 2 is 1.92 bits per heavy atom. The fourth-order valence-corrected chi connectivity index (χ4v) is 0.359. The summed E-state index contributed by atoms with van der Waals surface area (Å²) >= 11 is 0. The summed E-state index contributed by atoms with van der Waals surface area (Å²) in [6, 6.07) is 0. The number of hydrogen-bond acceptors (Lipinski definition) is 2. The van der Waals surface area contributed by atoms with Gasteiger partial charge in [0, 0.05) is 17.3 Å². The van der Waals surface area contributed by atoms with Gasteiger partial charge in [0.2, 0.25) is 5.91 Å². The minimum atomic E-state index is -1.06. The first-order valence-electron chi connectivity index (χ1n) is 3.31. The van der Waals surface area contributed by atoms with Crippen LogP contribution in [-0.2, 0) is 9.59 Å². The molecular weight excluding hydrogens is 158 g/mol. The summed E-state index contributed by atoms with van der Waals surface area (Å²) in [5.41, 5.74) is 0.411. The molecule has 0 saturated carbocycles. The van der Waals surface area contributed by atoms with Gasteiger partial charge in [0.05, 0.1) is 0 Å². The van der Waals surface area contributed by atoms with E-state index in [1.54, 1.807) is 6.92 Å². The standard InChI is InChI=1S/C8H11NO3/c1-5(2)7(10)9-4-6(3)8(11)12/h4H,1H2,2-3H3,(H,9,10)(H,11,12). The average Bonchev–Trinajstić information content (AvgIpc) is 1.98. The topological polar surface area (TPSA) is 66.4 Å². The zero-order valence-electron chi connectivity index (χ0n) is 7.05. The quantitative estimate of drug-likeness (QED) is 0.610. The fourth-order valence-electron chi connectivity index (χ4n) is 0.359. The van der Waals surface area contributed by atoms with Gasteiger partial charge in [-0.05, 0) is 13.8 Å². The van der Waals surface area contributed by atoms with Gasteiger partial charge < -0.3 is 10.4 Å². The van der Waals surface area contributed by atoms with E-state index >= 15 is 0 Å².